The Hall–Kier alpha value is -2.75. The first-order valence-corrected chi connectivity index (χ1v) is 31.8. The van der Waals surface area contributed by atoms with Gasteiger partial charge in [-0.05, 0) is 77.0 Å². The van der Waals surface area contributed by atoms with E-state index in [1.54, 1.807) is 0 Å². The molecule has 0 saturated carbocycles. The van der Waals surface area contributed by atoms with Crippen LogP contribution in [0.1, 0.15) is 296 Å². The second-order valence-corrected chi connectivity index (χ2v) is 22.7. The van der Waals surface area contributed by atoms with Crippen LogP contribution in [0.15, 0.2) is 48.6 Å². The molecule has 0 aliphatic rings. The SMILES string of the molecule is CCCCCCC/C=C\C/C=C\C/C=C\CCCCCCCCCCCCCCC(=O)OC(COC(=O)CCCCCCCCCCCCC/C=C\CCCCCCCCCC)COC(OCC[N+](C)(C)C)C(=O)O. The molecule has 0 radical (unpaired) electrons. The second kappa shape index (κ2) is 57.4. The molecule has 2 unspecified atom stereocenters. The Bertz CT molecular complexity index is 1370. The lowest BCUT2D eigenvalue weighted by molar-refractivity contribution is -0.870. The Morgan fingerprint density at radius 3 is 1.08 bits per heavy atom. The lowest BCUT2D eigenvalue weighted by atomic mass is 10.0. The van der Waals surface area contributed by atoms with Crippen LogP contribution in [-0.4, -0.2) is 87.4 Å². The van der Waals surface area contributed by atoms with Crippen molar-refractivity contribution in [3.63, 3.8) is 0 Å². The molecule has 0 aliphatic heterocycles. The number of ether oxygens (including phenoxy) is 4. The summed E-state index contributed by atoms with van der Waals surface area (Å²) in [4.78, 5) is 37.5. The van der Waals surface area contributed by atoms with E-state index in [1.807, 2.05) is 21.1 Å². The van der Waals surface area contributed by atoms with Crippen molar-refractivity contribution in [2.75, 3.05) is 47.5 Å². The summed E-state index contributed by atoms with van der Waals surface area (Å²) in [6.45, 7) is 4.90. The number of esters is 2. The number of unbranched alkanes of at least 4 members (excludes halogenated alkanes) is 36. The van der Waals surface area contributed by atoms with Gasteiger partial charge in [0.25, 0.3) is 6.29 Å². The number of aliphatic carboxylic acids is 1. The Morgan fingerprint density at radius 1 is 0.400 bits per heavy atom. The number of carbonyl (C=O) groups excluding carboxylic acids is 2. The third-order valence-electron chi connectivity index (χ3n) is 14.1. The molecule has 2 atom stereocenters. The van der Waals surface area contributed by atoms with Crippen molar-refractivity contribution in [1.29, 1.82) is 0 Å². The zero-order valence-corrected chi connectivity index (χ0v) is 50.0. The van der Waals surface area contributed by atoms with E-state index in [-0.39, 0.29) is 32.2 Å². The van der Waals surface area contributed by atoms with Gasteiger partial charge in [-0.25, -0.2) is 4.79 Å². The number of carboxylic acid groups (broad SMARTS) is 1. The van der Waals surface area contributed by atoms with Crippen LogP contribution >= 0.6 is 0 Å². The van der Waals surface area contributed by atoms with Gasteiger partial charge >= 0.3 is 17.9 Å². The summed E-state index contributed by atoms with van der Waals surface area (Å²) in [5, 5.41) is 9.72. The fourth-order valence-corrected chi connectivity index (χ4v) is 9.14. The first kappa shape index (κ1) is 72.2. The number of hydrogen-bond donors (Lipinski definition) is 1. The van der Waals surface area contributed by atoms with Crippen molar-refractivity contribution in [1.82, 2.24) is 0 Å². The molecule has 0 spiro atoms. The van der Waals surface area contributed by atoms with Gasteiger partial charge in [0, 0.05) is 12.8 Å². The van der Waals surface area contributed by atoms with Crippen molar-refractivity contribution in [2.24, 2.45) is 0 Å². The molecule has 0 heterocycles. The Morgan fingerprint density at radius 2 is 0.720 bits per heavy atom. The summed E-state index contributed by atoms with van der Waals surface area (Å²) >= 11 is 0. The minimum atomic E-state index is -1.51. The Kier molecular flexibility index (Phi) is 55.3. The van der Waals surface area contributed by atoms with Crippen LogP contribution < -0.4 is 0 Å². The van der Waals surface area contributed by atoms with E-state index < -0.39 is 24.3 Å². The molecule has 75 heavy (non-hydrogen) atoms. The lowest BCUT2D eigenvalue weighted by Gasteiger charge is -2.25. The van der Waals surface area contributed by atoms with Crippen LogP contribution in [0.3, 0.4) is 0 Å². The zero-order chi connectivity index (χ0) is 54.8. The minimum Gasteiger partial charge on any atom is -0.477 e. The predicted molar refractivity (Wildman–Crippen MR) is 318 cm³/mol. The Labute approximate surface area is 463 Å². The van der Waals surface area contributed by atoms with E-state index in [4.69, 9.17) is 18.9 Å². The van der Waals surface area contributed by atoms with Crippen LogP contribution in [-0.2, 0) is 33.3 Å². The van der Waals surface area contributed by atoms with Crippen LogP contribution in [0.25, 0.3) is 0 Å². The molecular weight excluding hydrogens is 935 g/mol. The fraction of sp³-hybridized carbons (Fsp3) is 0.833. The van der Waals surface area contributed by atoms with E-state index in [1.165, 1.54) is 218 Å². The molecular formula is C66H122NO8+. The van der Waals surface area contributed by atoms with Crippen LogP contribution in [0.2, 0.25) is 0 Å². The molecule has 0 fully saturated rings. The number of carbonyl (C=O) groups is 3. The van der Waals surface area contributed by atoms with E-state index >= 15 is 0 Å². The Balaban J connectivity index is 4.18. The predicted octanol–water partition coefficient (Wildman–Crippen LogP) is 19.0. The third kappa shape index (κ3) is 58.8. The maximum Gasteiger partial charge on any atom is 0.361 e. The quantitative estimate of drug-likeness (QED) is 0.0211. The number of hydrogen-bond acceptors (Lipinski definition) is 7. The van der Waals surface area contributed by atoms with Crippen molar-refractivity contribution in [3.8, 4) is 0 Å². The van der Waals surface area contributed by atoms with E-state index in [0.717, 1.165) is 51.4 Å². The highest BCUT2D eigenvalue weighted by atomic mass is 16.7. The third-order valence-corrected chi connectivity index (χ3v) is 14.1. The summed E-state index contributed by atoms with van der Waals surface area (Å²) in [6.07, 6.45) is 69.1. The van der Waals surface area contributed by atoms with E-state index in [9.17, 15) is 19.5 Å². The van der Waals surface area contributed by atoms with E-state index in [2.05, 4.69) is 62.5 Å². The van der Waals surface area contributed by atoms with Gasteiger partial charge in [0.2, 0.25) is 0 Å². The first-order valence-electron chi connectivity index (χ1n) is 31.8. The van der Waals surface area contributed by atoms with Gasteiger partial charge in [0.05, 0.1) is 34.4 Å². The largest absolute Gasteiger partial charge is 0.477 e. The number of allylic oxidation sites excluding steroid dienone is 8. The number of carboxylic acids is 1. The highest BCUT2D eigenvalue weighted by Gasteiger charge is 2.25. The number of quaternary nitrogens is 1. The number of likely N-dealkylation sites (N-methyl/N-ethyl adjacent to an activating group) is 1. The van der Waals surface area contributed by atoms with Crippen molar-refractivity contribution in [2.45, 2.75) is 309 Å². The van der Waals surface area contributed by atoms with Crippen molar-refractivity contribution in [3.05, 3.63) is 48.6 Å². The average molecular weight is 1060 g/mol. The molecule has 0 saturated heterocycles. The average Bonchev–Trinajstić information content (AvgIpc) is 3.38. The second-order valence-electron chi connectivity index (χ2n) is 22.7. The van der Waals surface area contributed by atoms with Crippen LogP contribution in [0.4, 0.5) is 0 Å². The van der Waals surface area contributed by atoms with Gasteiger partial charge in [0.1, 0.15) is 13.2 Å². The van der Waals surface area contributed by atoms with Gasteiger partial charge in [-0.15, -0.1) is 0 Å². The summed E-state index contributed by atoms with van der Waals surface area (Å²) in [5.41, 5.74) is 0. The number of rotatable bonds is 59. The fourth-order valence-electron chi connectivity index (χ4n) is 9.14. The maximum atomic E-state index is 12.9. The van der Waals surface area contributed by atoms with Crippen molar-refractivity contribution < 1.29 is 42.9 Å². The standard InChI is InChI=1S/C66H121NO8/c1-6-8-10-12-14-16-18-20-22-24-26-28-30-31-32-33-35-37-39-41-43-45-47-49-51-53-55-57-64(69)75-62(61-74-66(65(70)71)72-59-58-67(3,4)5)60-73-63(68)56-54-52-50-48-46-44-42-40-38-36-34-29-27-25-23-21-19-17-15-13-11-9-7-2/h18,20,24-27,30-31,62,66H,6-17,19,21-23,28-29,32-61H2,1-5H3/p+1/b20-18-,26-24-,27-25-,31-30-. The normalized spacial score (nSPS) is 13.0. The summed E-state index contributed by atoms with van der Waals surface area (Å²) in [6, 6.07) is 0. The first-order chi connectivity index (χ1) is 36.6. The van der Waals surface area contributed by atoms with Crippen molar-refractivity contribution >= 4 is 17.9 Å². The minimum absolute atomic E-state index is 0.181. The summed E-state index contributed by atoms with van der Waals surface area (Å²) in [5.74, 6) is -1.99. The molecule has 1 N–H and O–H groups in total. The topological polar surface area (TPSA) is 108 Å². The van der Waals surface area contributed by atoms with E-state index in [0.29, 0.717) is 17.4 Å². The molecule has 0 aromatic carbocycles. The molecule has 438 valence electrons. The molecule has 0 aromatic rings. The van der Waals surface area contributed by atoms with Gasteiger partial charge < -0.3 is 28.5 Å². The molecule has 0 amide bonds. The smallest absolute Gasteiger partial charge is 0.361 e. The van der Waals surface area contributed by atoms with Gasteiger partial charge in [-0.3, -0.25) is 9.59 Å². The molecule has 0 aliphatic carbocycles. The molecule has 0 aromatic heterocycles. The lowest BCUT2D eigenvalue weighted by Crippen LogP contribution is -2.40. The van der Waals surface area contributed by atoms with Gasteiger partial charge in [-0.2, -0.15) is 0 Å². The van der Waals surface area contributed by atoms with Crippen LogP contribution in [0.5, 0.6) is 0 Å². The molecule has 0 bridgehead atoms. The summed E-state index contributed by atoms with van der Waals surface area (Å²) in [7, 11) is 5.98. The van der Waals surface area contributed by atoms with Gasteiger partial charge in [0.15, 0.2) is 6.10 Å². The maximum absolute atomic E-state index is 12.9. The number of nitrogens with zero attached hydrogens (tertiary/aromatic N) is 1. The summed E-state index contributed by atoms with van der Waals surface area (Å²) < 4.78 is 22.9. The van der Waals surface area contributed by atoms with Crippen LogP contribution in [0, 0.1) is 0 Å². The zero-order valence-electron chi connectivity index (χ0n) is 50.0. The molecule has 9 heteroatoms. The highest BCUT2D eigenvalue weighted by molar-refractivity contribution is 5.71. The molecule has 0 rings (SSSR count). The van der Waals surface area contributed by atoms with Gasteiger partial charge in [-0.1, -0.05) is 255 Å². The highest BCUT2D eigenvalue weighted by Crippen LogP contribution is 2.17. The monoisotopic (exact) mass is 1060 g/mol. The molecule has 9 nitrogen and oxygen atoms in total.